The average Bonchev–Trinajstić information content (AvgIpc) is 3.58. The van der Waals surface area contributed by atoms with Gasteiger partial charge in [-0.15, -0.1) is 0 Å². The lowest BCUT2D eigenvalue weighted by atomic mass is 9.62. The summed E-state index contributed by atoms with van der Waals surface area (Å²) < 4.78 is 22.4. The normalized spacial score (nSPS) is 31.8. The number of carbonyl (C=O) groups is 3. The highest BCUT2D eigenvalue weighted by atomic mass is 16.8. The molecular formula is C27H35N3O11. The zero-order chi connectivity index (χ0) is 29.1. The van der Waals surface area contributed by atoms with Crippen LogP contribution in [0.2, 0.25) is 0 Å². The molecule has 2 bridgehead atoms. The number of esters is 1. The van der Waals surface area contributed by atoms with Crippen LogP contribution < -0.4 is 10.6 Å². The minimum atomic E-state index is -1.49. The molecule has 41 heavy (non-hydrogen) atoms. The van der Waals surface area contributed by atoms with Crippen LogP contribution >= 0.6 is 0 Å². The van der Waals surface area contributed by atoms with Gasteiger partial charge in [0, 0.05) is 13.0 Å². The summed E-state index contributed by atoms with van der Waals surface area (Å²) in [5, 5.41) is 34.7. The van der Waals surface area contributed by atoms with Crippen molar-refractivity contribution in [2.45, 2.75) is 62.5 Å². The second kappa shape index (κ2) is 12.4. The Bertz CT molecular complexity index is 1150. The van der Waals surface area contributed by atoms with Crippen molar-refractivity contribution in [1.82, 2.24) is 15.7 Å². The Morgan fingerprint density at radius 3 is 2.66 bits per heavy atom. The summed E-state index contributed by atoms with van der Waals surface area (Å²) >= 11 is 0. The van der Waals surface area contributed by atoms with Crippen molar-refractivity contribution in [3.63, 3.8) is 0 Å². The van der Waals surface area contributed by atoms with Gasteiger partial charge in [0.25, 0.3) is 0 Å². The van der Waals surface area contributed by atoms with Gasteiger partial charge >= 0.3 is 5.97 Å². The third kappa shape index (κ3) is 5.56. The average molecular weight is 578 g/mol. The molecule has 0 aromatic heterocycles. The summed E-state index contributed by atoms with van der Waals surface area (Å²) in [6.45, 7) is 1.18. The van der Waals surface area contributed by atoms with Crippen molar-refractivity contribution >= 4 is 23.9 Å². The van der Waals surface area contributed by atoms with Gasteiger partial charge < -0.3 is 44.9 Å². The monoisotopic (exact) mass is 577 g/mol. The van der Waals surface area contributed by atoms with E-state index in [4.69, 9.17) is 34.0 Å². The zero-order valence-corrected chi connectivity index (χ0v) is 22.5. The molecule has 2 amide bonds. The van der Waals surface area contributed by atoms with E-state index >= 15 is 0 Å². The summed E-state index contributed by atoms with van der Waals surface area (Å²) in [5.41, 5.74) is 0.140. The maximum Gasteiger partial charge on any atom is 0.327 e. The van der Waals surface area contributed by atoms with Crippen LogP contribution in [0.3, 0.4) is 0 Å². The van der Waals surface area contributed by atoms with Crippen LogP contribution in [-0.4, -0.2) is 114 Å². The number of ether oxygens (including phenoxy) is 4. The first-order chi connectivity index (χ1) is 19.8. The molecule has 5 rings (SSSR count). The SMILES string of the molecule is CC(O)C(NC(=O)C12CC3OC(=O)C1N(Cc1ccc(C=COCCO)cc1)OC2C1OCOC31)C(=O)NCCO. The first-order valence-corrected chi connectivity index (χ1v) is 13.5. The molecule has 3 heterocycles. The van der Waals surface area contributed by atoms with Gasteiger partial charge in [-0.1, -0.05) is 24.3 Å². The number of rotatable bonds is 12. The maximum absolute atomic E-state index is 14.1. The number of aliphatic hydroxyl groups is 3. The molecule has 5 N–H and O–H groups in total. The van der Waals surface area contributed by atoms with E-state index in [1.165, 1.54) is 18.2 Å². The van der Waals surface area contributed by atoms with E-state index in [1.807, 2.05) is 24.3 Å². The van der Waals surface area contributed by atoms with Gasteiger partial charge in [-0.2, -0.15) is 5.06 Å². The summed E-state index contributed by atoms with van der Waals surface area (Å²) in [5.74, 6) is -1.99. The number of aliphatic hydroxyl groups excluding tert-OH is 3. The zero-order valence-electron chi connectivity index (χ0n) is 22.5. The molecule has 1 saturated carbocycles. The Hall–Kier alpha value is -3.11. The number of nitrogens with one attached hydrogen (secondary N) is 2. The Kier molecular flexibility index (Phi) is 8.89. The van der Waals surface area contributed by atoms with Crippen molar-refractivity contribution < 1.29 is 53.5 Å². The van der Waals surface area contributed by atoms with E-state index in [2.05, 4.69) is 10.6 Å². The molecule has 224 valence electrons. The minimum absolute atomic E-state index is 0.0531. The first kappa shape index (κ1) is 29.4. The van der Waals surface area contributed by atoms with Gasteiger partial charge in [-0.25, -0.2) is 0 Å². The number of hydroxylamine groups is 2. The molecule has 14 nitrogen and oxygen atoms in total. The van der Waals surface area contributed by atoms with Gasteiger partial charge in [0.2, 0.25) is 11.8 Å². The number of fused-ring (bicyclic) bond motifs is 4. The van der Waals surface area contributed by atoms with Crippen LogP contribution in [0.1, 0.15) is 24.5 Å². The van der Waals surface area contributed by atoms with Crippen molar-refractivity contribution in [2.75, 3.05) is 33.2 Å². The van der Waals surface area contributed by atoms with E-state index in [0.29, 0.717) is 0 Å². The number of amides is 2. The molecule has 4 aliphatic rings. The predicted molar refractivity (Wildman–Crippen MR) is 138 cm³/mol. The largest absolute Gasteiger partial charge is 0.499 e. The van der Waals surface area contributed by atoms with E-state index < -0.39 is 65.8 Å². The molecule has 14 heteroatoms. The molecule has 3 saturated heterocycles. The van der Waals surface area contributed by atoms with E-state index in [9.17, 15) is 19.5 Å². The fourth-order valence-electron chi connectivity index (χ4n) is 5.96. The van der Waals surface area contributed by atoms with Crippen LogP contribution in [0, 0.1) is 5.41 Å². The van der Waals surface area contributed by atoms with Crippen LogP contribution in [0.5, 0.6) is 0 Å². The topological polar surface area (TPSA) is 185 Å². The van der Waals surface area contributed by atoms with Crippen molar-refractivity contribution in [2.24, 2.45) is 5.41 Å². The summed E-state index contributed by atoms with van der Waals surface area (Å²) in [7, 11) is 0. The molecule has 1 aromatic rings. The van der Waals surface area contributed by atoms with Gasteiger partial charge in [-0.3, -0.25) is 19.2 Å². The van der Waals surface area contributed by atoms with Gasteiger partial charge in [0.1, 0.15) is 49.3 Å². The number of nitrogens with zero attached hydrogens (tertiary/aromatic N) is 1. The standard InChI is InChI=1S/C27H35N3O11/c1-15(33)19(24(34)28-7-8-31)29-26(36)27-12-18-20-21(39-14-38-20)23(27)41-30(22(27)25(35)40-18)13-17-4-2-16(3-5-17)6-10-37-11-9-32/h2-6,10,15,18-23,31-33H,7-9,11-14H2,1H3,(H,28,34)(H,29,36). The van der Waals surface area contributed by atoms with E-state index in [-0.39, 0.29) is 46.1 Å². The third-order valence-corrected chi connectivity index (χ3v) is 7.84. The highest BCUT2D eigenvalue weighted by molar-refractivity contribution is 5.96. The second-order valence-electron chi connectivity index (χ2n) is 10.4. The molecule has 0 radical (unpaired) electrons. The molecular weight excluding hydrogens is 542 g/mol. The lowest BCUT2D eigenvalue weighted by Gasteiger charge is -2.49. The third-order valence-electron chi connectivity index (χ3n) is 7.84. The van der Waals surface area contributed by atoms with Gasteiger partial charge in [-0.05, 0) is 24.1 Å². The highest BCUT2D eigenvalue weighted by Gasteiger charge is 2.74. The quantitative estimate of drug-likeness (QED) is 0.107. The van der Waals surface area contributed by atoms with E-state index in [1.54, 1.807) is 6.08 Å². The van der Waals surface area contributed by atoms with Crippen molar-refractivity contribution in [3.05, 3.63) is 41.7 Å². The fraction of sp³-hybridized carbons (Fsp3) is 0.593. The molecule has 4 fully saturated rings. The maximum atomic E-state index is 14.1. The van der Waals surface area contributed by atoms with Crippen LogP contribution in [0.4, 0.5) is 0 Å². The van der Waals surface area contributed by atoms with Gasteiger partial charge in [0.05, 0.1) is 32.1 Å². The second-order valence-corrected chi connectivity index (χ2v) is 10.4. The van der Waals surface area contributed by atoms with E-state index in [0.717, 1.165) is 11.1 Å². The molecule has 1 aromatic carbocycles. The molecule has 3 aliphatic heterocycles. The fourth-order valence-corrected chi connectivity index (χ4v) is 5.96. The summed E-state index contributed by atoms with van der Waals surface area (Å²) in [6.07, 6.45) is -0.978. The van der Waals surface area contributed by atoms with Crippen molar-refractivity contribution in [3.8, 4) is 0 Å². The Morgan fingerprint density at radius 1 is 1.20 bits per heavy atom. The molecule has 0 spiro atoms. The lowest BCUT2D eigenvalue weighted by Crippen LogP contribution is -2.71. The summed E-state index contributed by atoms with van der Waals surface area (Å²) in [4.78, 5) is 46.6. The first-order valence-electron chi connectivity index (χ1n) is 13.5. The van der Waals surface area contributed by atoms with Gasteiger partial charge in [0.15, 0.2) is 6.04 Å². The summed E-state index contributed by atoms with van der Waals surface area (Å²) in [6, 6.07) is 4.87. The smallest absolute Gasteiger partial charge is 0.327 e. The predicted octanol–water partition coefficient (Wildman–Crippen LogP) is -1.82. The molecule has 8 unspecified atom stereocenters. The molecule has 8 atom stereocenters. The minimum Gasteiger partial charge on any atom is -0.499 e. The van der Waals surface area contributed by atoms with Crippen molar-refractivity contribution in [1.29, 1.82) is 0 Å². The van der Waals surface area contributed by atoms with Crippen LogP contribution in [0.15, 0.2) is 30.5 Å². The lowest BCUT2D eigenvalue weighted by molar-refractivity contribution is -0.201. The number of hydrogen-bond donors (Lipinski definition) is 5. The molecule has 1 aliphatic carbocycles. The number of hydrogen-bond acceptors (Lipinski definition) is 12. The Morgan fingerprint density at radius 2 is 1.95 bits per heavy atom. The Labute approximate surface area is 236 Å². The number of carbonyl (C=O) groups excluding carboxylic acids is 3. The van der Waals surface area contributed by atoms with Crippen LogP contribution in [0.25, 0.3) is 6.08 Å². The number of benzene rings is 1. The van der Waals surface area contributed by atoms with Crippen LogP contribution in [-0.2, 0) is 44.7 Å². The highest BCUT2D eigenvalue weighted by Crippen LogP contribution is 2.55. The Balaban J connectivity index is 1.41.